The highest BCUT2D eigenvalue weighted by molar-refractivity contribution is 5.66. The molecular formula is C32H52O2. The molecule has 0 aromatic rings. The van der Waals surface area contributed by atoms with E-state index in [9.17, 15) is 4.79 Å². The predicted molar refractivity (Wildman–Crippen MR) is 142 cm³/mol. The third-order valence-electron chi connectivity index (χ3n) is 11.2. The summed E-state index contributed by atoms with van der Waals surface area (Å²) in [6, 6.07) is 0. The van der Waals surface area contributed by atoms with Crippen LogP contribution in [0, 0.1) is 46.3 Å². The van der Waals surface area contributed by atoms with Gasteiger partial charge in [-0.05, 0) is 111 Å². The van der Waals surface area contributed by atoms with Gasteiger partial charge in [0.25, 0.3) is 0 Å². The Bertz CT molecular complexity index is 806. The topological polar surface area (TPSA) is 26.3 Å². The van der Waals surface area contributed by atoms with Crippen molar-refractivity contribution in [1.82, 2.24) is 0 Å². The van der Waals surface area contributed by atoms with Crippen molar-refractivity contribution in [3.8, 4) is 0 Å². The monoisotopic (exact) mass is 468 g/mol. The van der Waals surface area contributed by atoms with Crippen LogP contribution in [0.4, 0.5) is 0 Å². The second kappa shape index (κ2) is 10.1. The van der Waals surface area contributed by atoms with Crippen molar-refractivity contribution in [2.24, 2.45) is 46.3 Å². The molecule has 0 amide bonds. The Balaban J connectivity index is 1.46. The van der Waals surface area contributed by atoms with Gasteiger partial charge in [0.1, 0.15) is 6.10 Å². The quantitative estimate of drug-likeness (QED) is 0.275. The van der Waals surface area contributed by atoms with Crippen LogP contribution < -0.4 is 0 Å². The fourth-order valence-electron chi connectivity index (χ4n) is 9.42. The van der Waals surface area contributed by atoms with E-state index in [2.05, 4.69) is 53.7 Å². The highest BCUT2D eigenvalue weighted by atomic mass is 16.5. The van der Waals surface area contributed by atoms with E-state index >= 15 is 0 Å². The van der Waals surface area contributed by atoms with Crippen molar-refractivity contribution in [2.45, 2.75) is 125 Å². The van der Waals surface area contributed by atoms with E-state index in [1.54, 1.807) is 18.1 Å². The van der Waals surface area contributed by atoms with Gasteiger partial charge in [0.2, 0.25) is 0 Å². The van der Waals surface area contributed by atoms with Gasteiger partial charge in [-0.1, -0.05) is 64.8 Å². The van der Waals surface area contributed by atoms with Crippen molar-refractivity contribution in [2.75, 3.05) is 0 Å². The average molecular weight is 469 g/mol. The third-order valence-corrected chi connectivity index (χ3v) is 11.2. The first-order chi connectivity index (χ1) is 16.1. The number of rotatable bonds is 7. The Morgan fingerprint density at radius 3 is 2.56 bits per heavy atom. The summed E-state index contributed by atoms with van der Waals surface area (Å²) in [5.74, 6) is 4.89. The molecule has 3 fully saturated rings. The first-order valence-corrected chi connectivity index (χ1v) is 14.7. The molecule has 0 aromatic heterocycles. The molecule has 0 bridgehead atoms. The van der Waals surface area contributed by atoms with Gasteiger partial charge >= 0.3 is 5.97 Å². The summed E-state index contributed by atoms with van der Waals surface area (Å²) in [4.78, 5) is 11.5. The number of esters is 1. The number of hydrogen-bond donors (Lipinski definition) is 0. The SMILES string of the molecule is CCC=C(CC[C@@H](C)[C@H]1CC[C@H]2[C@@H]3CC=C4C[C@@H](OC(C)=O)CC[C@]4(C)[C@H]3CC[C@]12C)C(C)C. The van der Waals surface area contributed by atoms with Crippen LogP contribution in [0.15, 0.2) is 23.3 Å². The molecule has 2 heteroatoms. The minimum absolute atomic E-state index is 0.108. The molecule has 0 heterocycles. The molecule has 8 atom stereocenters. The van der Waals surface area contributed by atoms with Gasteiger partial charge in [-0.2, -0.15) is 0 Å². The maximum Gasteiger partial charge on any atom is 0.302 e. The molecule has 2 nitrogen and oxygen atoms in total. The summed E-state index contributed by atoms with van der Waals surface area (Å²) in [5, 5.41) is 0. The molecule has 0 aliphatic heterocycles. The molecule has 3 saturated carbocycles. The Hall–Kier alpha value is -1.05. The molecule has 192 valence electrons. The minimum atomic E-state index is -0.117. The summed E-state index contributed by atoms with van der Waals surface area (Å²) in [5.41, 5.74) is 4.16. The van der Waals surface area contributed by atoms with Crippen molar-refractivity contribution >= 4 is 5.97 Å². The van der Waals surface area contributed by atoms with Crippen molar-refractivity contribution in [3.05, 3.63) is 23.3 Å². The van der Waals surface area contributed by atoms with Crippen molar-refractivity contribution in [1.29, 1.82) is 0 Å². The number of ether oxygens (including phenoxy) is 1. The number of carbonyl (C=O) groups is 1. The zero-order valence-corrected chi connectivity index (χ0v) is 23.3. The highest BCUT2D eigenvalue weighted by Crippen LogP contribution is 2.67. The van der Waals surface area contributed by atoms with Crippen molar-refractivity contribution in [3.63, 3.8) is 0 Å². The van der Waals surface area contributed by atoms with Crippen LogP contribution in [0.3, 0.4) is 0 Å². The van der Waals surface area contributed by atoms with Crippen LogP contribution in [0.25, 0.3) is 0 Å². The fraction of sp³-hybridized carbons (Fsp3) is 0.844. The number of hydrogen-bond acceptors (Lipinski definition) is 2. The molecular weight excluding hydrogens is 416 g/mol. The molecule has 4 aliphatic carbocycles. The Morgan fingerprint density at radius 2 is 1.88 bits per heavy atom. The van der Waals surface area contributed by atoms with E-state index in [0.29, 0.717) is 16.7 Å². The van der Waals surface area contributed by atoms with E-state index < -0.39 is 0 Å². The molecule has 0 aromatic carbocycles. The predicted octanol–water partition coefficient (Wildman–Crippen LogP) is 8.91. The molecule has 4 aliphatic rings. The van der Waals surface area contributed by atoms with Gasteiger partial charge in [0.05, 0.1) is 0 Å². The number of allylic oxidation sites excluding steroid dienone is 3. The first-order valence-electron chi connectivity index (χ1n) is 14.7. The zero-order chi connectivity index (χ0) is 24.7. The summed E-state index contributed by atoms with van der Waals surface area (Å²) >= 11 is 0. The standard InChI is InChI=1S/C32H52O2/c1-8-9-24(21(2)3)11-10-22(4)28-14-15-29-27-13-12-25-20-26(34-23(5)33)16-18-31(25,6)30(27)17-19-32(28,29)7/h9,12,21-22,26-30H,8,10-11,13-20H2,1-7H3/t22-,26+,27+,28-,29+,30+,31+,32-/m1/s1. The molecule has 0 radical (unpaired) electrons. The lowest BCUT2D eigenvalue weighted by atomic mass is 9.47. The second-order valence-corrected chi connectivity index (χ2v) is 13.3. The number of fused-ring (bicyclic) bond motifs is 5. The average Bonchev–Trinajstić information content (AvgIpc) is 3.13. The lowest BCUT2D eigenvalue weighted by molar-refractivity contribution is -0.148. The van der Waals surface area contributed by atoms with Crippen LogP contribution in [0.1, 0.15) is 119 Å². The zero-order valence-electron chi connectivity index (χ0n) is 23.3. The van der Waals surface area contributed by atoms with Gasteiger partial charge in [0.15, 0.2) is 0 Å². The van der Waals surface area contributed by atoms with Crippen LogP contribution in [-0.4, -0.2) is 12.1 Å². The largest absolute Gasteiger partial charge is 0.462 e. The first kappa shape index (κ1) is 26.0. The molecule has 4 rings (SSSR count). The van der Waals surface area contributed by atoms with Gasteiger partial charge in [-0.3, -0.25) is 4.79 Å². The van der Waals surface area contributed by atoms with E-state index in [-0.39, 0.29) is 12.1 Å². The van der Waals surface area contributed by atoms with Gasteiger partial charge in [-0.25, -0.2) is 0 Å². The van der Waals surface area contributed by atoms with Crippen LogP contribution in [0.2, 0.25) is 0 Å². The third kappa shape index (κ3) is 4.69. The lowest BCUT2D eigenvalue weighted by Crippen LogP contribution is -2.51. The smallest absolute Gasteiger partial charge is 0.302 e. The second-order valence-electron chi connectivity index (χ2n) is 13.3. The summed E-state index contributed by atoms with van der Waals surface area (Å²) in [6.07, 6.45) is 19.2. The Morgan fingerprint density at radius 1 is 1.12 bits per heavy atom. The summed E-state index contributed by atoms with van der Waals surface area (Å²) < 4.78 is 5.63. The molecule has 0 saturated heterocycles. The van der Waals surface area contributed by atoms with Gasteiger partial charge in [-0.15, -0.1) is 0 Å². The highest BCUT2D eigenvalue weighted by Gasteiger charge is 2.59. The van der Waals surface area contributed by atoms with Crippen LogP contribution in [-0.2, 0) is 9.53 Å². The number of carbonyl (C=O) groups excluding carboxylic acids is 1. The maximum absolute atomic E-state index is 11.5. The Kier molecular flexibility index (Phi) is 7.76. The molecule has 0 unspecified atom stereocenters. The Labute approximate surface area is 210 Å². The van der Waals surface area contributed by atoms with Gasteiger partial charge in [0, 0.05) is 13.3 Å². The lowest BCUT2D eigenvalue weighted by Gasteiger charge is -2.58. The van der Waals surface area contributed by atoms with Crippen LogP contribution in [0.5, 0.6) is 0 Å². The van der Waals surface area contributed by atoms with E-state index in [1.165, 1.54) is 57.8 Å². The molecule has 34 heavy (non-hydrogen) atoms. The van der Waals surface area contributed by atoms with E-state index in [0.717, 1.165) is 42.4 Å². The molecule has 0 spiro atoms. The van der Waals surface area contributed by atoms with E-state index in [4.69, 9.17) is 4.74 Å². The molecule has 0 N–H and O–H groups in total. The minimum Gasteiger partial charge on any atom is -0.462 e. The fourth-order valence-corrected chi connectivity index (χ4v) is 9.42. The van der Waals surface area contributed by atoms with E-state index in [1.807, 2.05) is 0 Å². The van der Waals surface area contributed by atoms with Gasteiger partial charge < -0.3 is 4.74 Å². The van der Waals surface area contributed by atoms with Crippen molar-refractivity contribution < 1.29 is 9.53 Å². The summed E-state index contributed by atoms with van der Waals surface area (Å²) in [7, 11) is 0. The normalized spacial score (nSPS) is 40.8. The van der Waals surface area contributed by atoms with Crippen LogP contribution >= 0.6 is 0 Å². The maximum atomic E-state index is 11.5. The summed E-state index contributed by atoms with van der Waals surface area (Å²) in [6.45, 7) is 16.4.